The normalized spacial score (nSPS) is 16.9. The maximum atomic E-state index is 6.40. The molecule has 0 aliphatic carbocycles. The zero-order valence-corrected chi connectivity index (χ0v) is 13.5. The van der Waals surface area contributed by atoms with Gasteiger partial charge in [-0.15, -0.1) is 0 Å². The molecule has 20 heavy (non-hydrogen) atoms. The summed E-state index contributed by atoms with van der Waals surface area (Å²) in [5, 5.41) is 4.18. The molecule has 112 valence electrons. The lowest BCUT2D eigenvalue weighted by Gasteiger charge is -2.33. The van der Waals surface area contributed by atoms with Crippen LogP contribution in [0.1, 0.15) is 19.4 Å². The van der Waals surface area contributed by atoms with Crippen molar-refractivity contribution in [2.24, 2.45) is 5.92 Å². The molecule has 1 aliphatic heterocycles. The van der Waals surface area contributed by atoms with Gasteiger partial charge in [0.2, 0.25) is 0 Å². The number of piperazine rings is 1. The average Bonchev–Trinajstić information content (AvgIpc) is 2.40. The topological polar surface area (TPSA) is 31.4 Å². The van der Waals surface area contributed by atoms with Gasteiger partial charge in [-0.3, -0.25) is 0 Å². The number of nitrogens with one attached hydrogen (secondary N) is 1. The summed E-state index contributed by atoms with van der Waals surface area (Å²) in [5.74, 6) is 1.58. The number of rotatable bonds is 5. The standard InChI is InChI=1S/C15H25ClN4/c1-12(2)9-17-10-13-8-14(16)15(18-11-13)20-6-4-19(3)5-7-20/h8,11-12,17H,4-7,9-10H2,1-3H3. The van der Waals surface area contributed by atoms with Crippen molar-refractivity contribution in [3.8, 4) is 0 Å². The smallest absolute Gasteiger partial charge is 0.147 e. The highest BCUT2D eigenvalue weighted by molar-refractivity contribution is 6.33. The fraction of sp³-hybridized carbons (Fsp3) is 0.667. The van der Waals surface area contributed by atoms with E-state index >= 15 is 0 Å². The van der Waals surface area contributed by atoms with E-state index in [1.165, 1.54) is 0 Å². The molecular formula is C15H25ClN4. The van der Waals surface area contributed by atoms with Crippen molar-refractivity contribution in [2.75, 3.05) is 44.7 Å². The minimum atomic E-state index is 0.656. The number of hydrogen-bond donors (Lipinski definition) is 1. The molecule has 4 nitrogen and oxygen atoms in total. The van der Waals surface area contributed by atoms with E-state index in [1.54, 1.807) is 0 Å². The summed E-state index contributed by atoms with van der Waals surface area (Å²) in [7, 11) is 2.15. The van der Waals surface area contributed by atoms with E-state index in [9.17, 15) is 0 Å². The van der Waals surface area contributed by atoms with E-state index in [2.05, 4.69) is 41.0 Å². The minimum absolute atomic E-state index is 0.656. The van der Waals surface area contributed by atoms with Gasteiger partial charge in [0.05, 0.1) is 5.02 Å². The lowest BCUT2D eigenvalue weighted by molar-refractivity contribution is 0.312. The second kappa shape index (κ2) is 7.25. The van der Waals surface area contributed by atoms with Crippen LogP contribution in [-0.4, -0.2) is 49.7 Å². The van der Waals surface area contributed by atoms with Gasteiger partial charge in [-0.25, -0.2) is 4.98 Å². The molecule has 1 aliphatic rings. The molecule has 2 rings (SSSR count). The molecule has 0 radical (unpaired) electrons. The quantitative estimate of drug-likeness (QED) is 0.903. The van der Waals surface area contributed by atoms with Crippen LogP contribution in [0.3, 0.4) is 0 Å². The maximum absolute atomic E-state index is 6.40. The molecule has 0 amide bonds. The zero-order chi connectivity index (χ0) is 14.5. The highest BCUT2D eigenvalue weighted by atomic mass is 35.5. The van der Waals surface area contributed by atoms with Crippen LogP contribution in [0.15, 0.2) is 12.3 Å². The van der Waals surface area contributed by atoms with Crippen LogP contribution in [0, 0.1) is 5.92 Å². The van der Waals surface area contributed by atoms with Crippen molar-refractivity contribution < 1.29 is 0 Å². The van der Waals surface area contributed by atoms with Crippen LogP contribution in [-0.2, 0) is 6.54 Å². The number of pyridine rings is 1. The average molecular weight is 297 g/mol. The van der Waals surface area contributed by atoms with Gasteiger partial charge in [0.1, 0.15) is 5.82 Å². The van der Waals surface area contributed by atoms with Gasteiger partial charge < -0.3 is 15.1 Å². The predicted octanol–water partition coefficient (Wildman–Crippen LogP) is 2.23. The number of likely N-dealkylation sites (N-methyl/N-ethyl adjacent to an activating group) is 1. The second-order valence-corrected chi connectivity index (χ2v) is 6.37. The SMILES string of the molecule is CC(C)CNCc1cnc(N2CCN(C)CC2)c(Cl)c1. The molecule has 0 spiro atoms. The van der Waals surface area contributed by atoms with Gasteiger partial charge in [0, 0.05) is 38.9 Å². The van der Waals surface area contributed by atoms with Crippen LogP contribution >= 0.6 is 11.6 Å². The summed E-state index contributed by atoms with van der Waals surface area (Å²) in [6, 6.07) is 2.04. The zero-order valence-electron chi connectivity index (χ0n) is 12.7. The molecule has 0 bridgehead atoms. The van der Waals surface area contributed by atoms with Crippen LogP contribution in [0.5, 0.6) is 0 Å². The summed E-state index contributed by atoms with van der Waals surface area (Å²) in [4.78, 5) is 9.16. The largest absolute Gasteiger partial charge is 0.353 e. The highest BCUT2D eigenvalue weighted by Gasteiger charge is 2.17. The fourth-order valence-electron chi connectivity index (χ4n) is 2.32. The molecule has 0 atom stereocenters. The Labute approximate surface area is 127 Å². The van der Waals surface area contributed by atoms with E-state index in [0.717, 1.165) is 55.7 Å². The van der Waals surface area contributed by atoms with Crippen molar-refractivity contribution in [1.29, 1.82) is 0 Å². The van der Waals surface area contributed by atoms with Crippen LogP contribution in [0.2, 0.25) is 5.02 Å². The second-order valence-electron chi connectivity index (χ2n) is 5.96. The number of anilines is 1. The molecule has 1 aromatic heterocycles. The first-order chi connectivity index (χ1) is 9.56. The van der Waals surface area contributed by atoms with E-state index in [4.69, 9.17) is 11.6 Å². The summed E-state index contributed by atoms with van der Waals surface area (Å²) in [6.07, 6.45) is 1.94. The fourth-order valence-corrected chi connectivity index (χ4v) is 2.63. The number of aromatic nitrogens is 1. The molecule has 1 aromatic rings. The van der Waals surface area contributed by atoms with Crippen molar-refractivity contribution >= 4 is 17.4 Å². The molecule has 2 heterocycles. The Morgan fingerprint density at radius 1 is 1.30 bits per heavy atom. The first-order valence-electron chi connectivity index (χ1n) is 7.35. The molecule has 0 saturated carbocycles. The Hall–Kier alpha value is -0.840. The number of halogens is 1. The van der Waals surface area contributed by atoms with E-state index in [-0.39, 0.29) is 0 Å². The summed E-state index contributed by atoms with van der Waals surface area (Å²) < 4.78 is 0. The molecule has 0 aromatic carbocycles. The molecule has 5 heteroatoms. The lowest BCUT2D eigenvalue weighted by atomic mass is 10.2. The van der Waals surface area contributed by atoms with E-state index < -0.39 is 0 Å². The Balaban J connectivity index is 1.95. The molecular weight excluding hydrogens is 272 g/mol. The third-order valence-electron chi connectivity index (χ3n) is 3.56. The number of hydrogen-bond acceptors (Lipinski definition) is 4. The summed E-state index contributed by atoms with van der Waals surface area (Å²) in [6.45, 7) is 10.4. The van der Waals surface area contributed by atoms with E-state index in [0.29, 0.717) is 5.92 Å². The Morgan fingerprint density at radius 3 is 2.60 bits per heavy atom. The Morgan fingerprint density at radius 2 is 2.00 bits per heavy atom. The van der Waals surface area contributed by atoms with Gasteiger partial charge in [-0.05, 0) is 31.1 Å². The van der Waals surface area contributed by atoms with Crippen LogP contribution < -0.4 is 10.2 Å². The third-order valence-corrected chi connectivity index (χ3v) is 3.84. The van der Waals surface area contributed by atoms with Gasteiger partial charge in [-0.1, -0.05) is 25.4 Å². The van der Waals surface area contributed by atoms with E-state index in [1.807, 2.05) is 12.3 Å². The maximum Gasteiger partial charge on any atom is 0.147 e. The van der Waals surface area contributed by atoms with Crippen LogP contribution in [0.25, 0.3) is 0 Å². The third kappa shape index (κ3) is 4.33. The van der Waals surface area contributed by atoms with Crippen molar-refractivity contribution in [3.05, 3.63) is 22.8 Å². The summed E-state index contributed by atoms with van der Waals surface area (Å²) >= 11 is 6.40. The Bertz CT molecular complexity index is 428. The first kappa shape index (κ1) is 15.5. The molecule has 1 saturated heterocycles. The van der Waals surface area contributed by atoms with Crippen molar-refractivity contribution in [1.82, 2.24) is 15.2 Å². The van der Waals surface area contributed by atoms with Crippen molar-refractivity contribution in [3.63, 3.8) is 0 Å². The minimum Gasteiger partial charge on any atom is -0.353 e. The van der Waals surface area contributed by atoms with Gasteiger partial charge in [-0.2, -0.15) is 0 Å². The summed E-state index contributed by atoms with van der Waals surface area (Å²) in [5.41, 5.74) is 1.15. The molecule has 1 N–H and O–H groups in total. The lowest BCUT2D eigenvalue weighted by Crippen LogP contribution is -2.44. The van der Waals surface area contributed by atoms with Gasteiger partial charge in [0.25, 0.3) is 0 Å². The molecule has 1 fully saturated rings. The monoisotopic (exact) mass is 296 g/mol. The first-order valence-corrected chi connectivity index (χ1v) is 7.72. The van der Waals surface area contributed by atoms with Gasteiger partial charge in [0.15, 0.2) is 0 Å². The Kier molecular flexibility index (Phi) is 5.64. The van der Waals surface area contributed by atoms with Gasteiger partial charge >= 0.3 is 0 Å². The molecule has 0 unspecified atom stereocenters. The van der Waals surface area contributed by atoms with Crippen molar-refractivity contribution in [2.45, 2.75) is 20.4 Å². The highest BCUT2D eigenvalue weighted by Crippen LogP contribution is 2.24. The number of nitrogens with zero attached hydrogens (tertiary/aromatic N) is 3. The van der Waals surface area contributed by atoms with Crippen LogP contribution in [0.4, 0.5) is 5.82 Å². The predicted molar refractivity (Wildman–Crippen MR) is 85.5 cm³/mol.